The Labute approximate surface area is 180 Å². The number of hydrogen-bond donors (Lipinski definition) is 1. The van der Waals surface area contributed by atoms with Crippen LogP contribution in [0.2, 0.25) is 0 Å². The Hall–Kier alpha value is -4.13. The number of esters is 1. The summed E-state index contributed by atoms with van der Waals surface area (Å²) < 4.78 is 15.9. The van der Waals surface area contributed by atoms with Crippen molar-refractivity contribution in [2.75, 3.05) is 14.2 Å². The van der Waals surface area contributed by atoms with Gasteiger partial charge in [-0.05, 0) is 53.6 Å². The summed E-state index contributed by atoms with van der Waals surface area (Å²) in [5, 5.41) is 3.99. The van der Waals surface area contributed by atoms with Gasteiger partial charge in [0.2, 0.25) is 0 Å². The second-order valence-electron chi connectivity index (χ2n) is 6.45. The van der Waals surface area contributed by atoms with Crippen molar-refractivity contribution in [3.8, 4) is 11.5 Å². The summed E-state index contributed by atoms with van der Waals surface area (Å²) in [4.78, 5) is 23.5. The van der Waals surface area contributed by atoms with E-state index >= 15 is 0 Å². The first-order valence-electron chi connectivity index (χ1n) is 9.47. The van der Waals surface area contributed by atoms with Crippen LogP contribution in [-0.2, 0) is 11.3 Å². The Morgan fingerprint density at radius 1 is 0.903 bits per heavy atom. The minimum Gasteiger partial charge on any atom is -0.493 e. The molecule has 0 saturated carbocycles. The zero-order valence-electron chi connectivity index (χ0n) is 17.2. The standard InChI is InChI=1S/C24H22N2O5/c1-29-22-14-18(15-25-26-23(27)19-6-4-3-5-7-19)10-13-21(22)31-16-17-8-11-20(12-9-17)24(28)30-2/h3-15H,16H2,1-2H3,(H,26,27)/b25-15-. The highest BCUT2D eigenvalue weighted by atomic mass is 16.5. The van der Waals surface area contributed by atoms with E-state index in [2.05, 4.69) is 15.3 Å². The van der Waals surface area contributed by atoms with Crippen molar-refractivity contribution in [1.29, 1.82) is 0 Å². The third-order valence-electron chi connectivity index (χ3n) is 4.37. The minimum atomic E-state index is -0.383. The lowest BCUT2D eigenvalue weighted by Crippen LogP contribution is -2.17. The lowest BCUT2D eigenvalue weighted by Gasteiger charge is -2.11. The third kappa shape index (κ3) is 5.93. The molecule has 3 rings (SSSR count). The van der Waals surface area contributed by atoms with Crippen LogP contribution in [0.15, 0.2) is 77.9 Å². The van der Waals surface area contributed by atoms with Crippen molar-refractivity contribution in [3.63, 3.8) is 0 Å². The lowest BCUT2D eigenvalue weighted by molar-refractivity contribution is 0.0600. The molecule has 0 saturated heterocycles. The number of hydrogen-bond acceptors (Lipinski definition) is 6. The second-order valence-corrected chi connectivity index (χ2v) is 6.45. The summed E-state index contributed by atoms with van der Waals surface area (Å²) in [7, 11) is 2.89. The van der Waals surface area contributed by atoms with E-state index in [1.165, 1.54) is 13.3 Å². The molecule has 0 heterocycles. The Morgan fingerprint density at radius 2 is 1.65 bits per heavy atom. The summed E-state index contributed by atoms with van der Waals surface area (Å²) >= 11 is 0. The molecule has 31 heavy (non-hydrogen) atoms. The molecular weight excluding hydrogens is 396 g/mol. The molecule has 0 aliphatic carbocycles. The van der Waals surface area contributed by atoms with E-state index in [4.69, 9.17) is 9.47 Å². The maximum atomic E-state index is 12.0. The van der Waals surface area contributed by atoms with Gasteiger partial charge in [-0.15, -0.1) is 0 Å². The first-order chi connectivity index (χ1) is 15.1. The van der Waals surface area contributed by atoms with E-state index in [1.54, 1.807) is 73.8 Å². The van der Waals surface area contributed by atoms with Crippen LogP contribution in [0.4, 0.5) is 0 Å². The summed E-state index contributed by atoms with van der Waals surface area (Å²) in [6, 6.07) is 21.1. The predicted octanol–water partition coefficient (Wildman–Crippen LogP) is 3.82. The number of rotatable bonds is 8. The number of carbonyl (C=O) groups excluding carboxylic acids is 2. The zero-order chi connectivity index (χ0) is 22.1. The second kappa shape index (κ2) is 10.6. The fourth-order valence-electron chi connectivity index (χ4n) is 2.72. The van der Waals surface area contributed by atoms with Crippen LogP contribution in [0.1, 0.15) is 31.8 Å². The molecular formula is C24H22N2O5. The molecule has 1 N–H and O–H groups in total. The number of methoxy groups -OCH3 is 2. The fourth-order valence-corrected chi connectivity index (χ4v) is 2.72. The van der Waals surface area contributed by atoms with E-state index in [0.29, 0.717) is 29.2 Å². The molecule has 0 aliphatic heterocycles. The van der Waals surface area contributed by atoms with Gasteiger partial charge in [-0.2, -0.15) is 5.10 Å². The van der Waals surface area contributed by atoms with Gasteiger partial charge in [0.05, 0.1) is 26.0 Å². The molecule has 0 aliphatic rings. The Bertz CT molecular complexity index is 1060. The van der Waals surface area contributed by atoms with Crippen LogP contribution in [0, 0.1) is 0 Å². The summed E-state index contributed by atoms with van der Waals surface area (Å²) in [6.07, 6.45) is 1.53. The van der Waals surface area contributed by atoms with Crippen LogP contribution in [0.25, 0.3) is 0 Å². The maximum absolute atomic E-state index is 12.0. The fraction of sp³-hybridized carbons (Fsp3) is 0.125. The number of benzene rings is 3. The number of nitrogens with zero attached hydrogens (tertiary/aromatic N) is 1. The van der Waals surface area contributed by atoms with Gasteiger partial charge < -0.3 is 14.2 Å². The monoisotopic (exact) mass is 418 g/mol. The molecule has 3 aromatic carbocycles. The molecule has 7 nitrogen and oxygen atoms in total. The lowest BCUT2D eigenvalue weighted by atomic mass is 10.1. The quantitative estimate of drug-likeness (QED) is 0.341. The Kier molecular flexibility index (Phi) is 7.37. The first-order valence-corrected chi connectivity index (χ1v) is 9.47. The number of carbonyl (C=O) groups is 2. The Balaban J connectivity index is 1.60. The average molecular weight is 418 g/mol. The normalized spacial score (nSPS) is 10.5. The van der Waals surface area contributed by atoms with Gasteiger partial charge >= 0.3 is 5.97 Å². The highest BCUT2D eigenvalue weighted by Gasteiger charge is 2.08. The topological polar surface area (TPSA) is 86.2 Å². The zero-order valence-corrected chi connectivity index (χ0v) is 17.2. The van der Waals surface area contributed by atoms with E-state index in [0.717, 1.165) is 11.1 Å². The van der Waals surface area contributed by atoms with E-state index in [-0.39, 0.29) is 11.9 Å². The van der Waals surface area contributed by atoms with Crippen molar-refractivity contribution < 1.29 is 23.8 Å². The highest BCUT2D eigenvalue weighted by molar-refractivity contribution is 5.94. The SMILES string of the molecule is COC(=O)c1ccc(COc2ccc(/C=N\NC(=O)c3ccccc3)cc2OC)cc1. The molecule has 1 amide bonds. The number of amides is 1. The van der Waals surface area contributed by atoms with Gasteiger partial charge in [0.15, 0.2) is 11.5 Å². The number of ether oxygens (including phenoxy) is 3. The van der Waals surface area contributed by atoms with E-state index < -0.39 is 0 Å². The average Bonchev–Trinajstić information content (AvgIpc) is 2.83. The van der Waals surface area contributed by atoms with Crippen molar-refractivity contribution in [2.45, 2.75) is 6.61 Å². The molecule has 0 bridgehead atoms. The van der Waals surface area contributed by atoms with Gasteiger partial charge in [0.1, 0.15) is 6.61 Å². The maximum Gasteiger partial charge on any atom is 0.337 e. The molecule has 0 unspecified atom stereocenters. The molecule has 158 valence electrons. The van der Waals surface area contributed by atoms with Crippen LogP contribution in [0.5, 0.6) is 11.5 Å². The molecule has 7 heteroatoms. The van der Waals surface area contributed by atoms with Crippen molar-refractivity contribution in [1.82, 2.24) is 5.43 Å². The first kappa shape index (κ1) is 21.6. The van der Waals surface area contributed by atoms with Crippen LogP contribution >= 0.6 is 0 Å². The van der Waals surface area contributed by atoms with Crippen molar-refractivity contribution >= 4 is 18.1 Å². The Morgan fingerprint density at radius 3 is 2.32 bits per heavy atom. The molecule has 0 atom stereocenters. The highest BCUT2D eigenvalue weighted by Crippen LogP contribution is 2.28. The minimum absolute atomic E-state index is 0.290. The number of hydrazone groups is 1. The smallest absolute Gasteiger partial charge is 0.337 e. The van der Waals surface area contributed by atoms with Crippen molar-refractivity contribution in [2.24, 2.45) is 5.10 Å². The summed E-state index contributed by atoms with van der Waals surface area (Å²) in [5.41, 5.74) is 5.12. The number of nitrogens with one attached hydrogen (secondary N) is 1. The van der Waals surface area contributed by atoms with Crippen LogP contribution in [-0.4, -0.2) is 32.3 Å². The molecule has 0 aromatic heterocycles. The summed E-state index contributed by atoms with van der Waals surface area (Å²) in [5.74, 6) is 0.419. The van der Waals surface area contributed by atoms with Gasteiger partial charge in [-0.1, -0.05) is 30.3 Å². The molecule has 3 aromatic rings. The van der Waals surface area contributed by atoms with Gasteiger partial charge in [0.25, 0.3) is 5.91 Å². The third-order valence-corrected chi connectivity index (χ3v) is 4.37. The molecule has 0 spiro atoms. The predicted molar refractivity (Wildman–Crippen MR) is 117 cm³/mol. The van der Waals surface area contributed by atoms with Gasteiger partial charge in [-0.25, -0.2) is 10.2 Å². The largest absolute Gasteiger partial charge is 0.493 e. The van der Waals surface area contributed by atoms with Gasteiger partial charge in [0, 0.05) is 5.56 Å². The van der Waals surface area contributed by atoms with E-state index in [1.807, 2.05) is 6.07 Å². The molecule has 0 fully saturated rings. The van der Waals surface area contributed by atoms with Gasteiger partial charge in [-0.3, -0.25) is 4.79 Å². The molecule has 0 radical (unpaired) electrons. The van der Waals surface area contributed by atoms with E-state index in [9.17, 15) is 9.59 Å². The van der Waals surface area contributed by atoms with Crippen LogP contribution in [0.3, 0.4) is 0 Å². The van der Waals surface area contributed by atoms with Crippen molar-refractivity contribution in [3.05, 3.63) is 95.1 Å². The van der Waals surface area contributed by atoms with Crippen LogP contribution < -0.4 is 14.9 Å². The summed E-state index contributed by atoms with van der Waals surface area (Å²) in [6.45, 7) is 0.304.